The van der Waals surface area contributed by atoms with E-state index in [2.05, 4.69) is 15.9 Å². The van der Waals surface area contributed by atoms with Gasteiger partial charge in [-0.05, 0) is 28.1 Å². The molecule has 0 aromatic heterocycles. The Morgan fingerprint density at radius 1 is 1.55 bits per heavy atom. The third-order valence-electron chi connectivity index (χ3n) is 1.24. The van der Waals surface area contributed by atoms with Gasteiger partial charge < -0.3 is 9.84 Å². The number of benzene rings is 1. The highest BCUT2D eigenvalue weighted by molar-refractivity contribution is 9.10. The van der Waals surface area contributed by atoms with Crippen LogP contribution in [0.2, 0.25) is 0 Å². The maximum atomic E-state index is 12.6. The van der Waals surface area contributed by atoms with Crippen molar-refractivity contribution in [1.29, 1.82) is 0 Å². The number of hydrogen-bond acceptors (Lipinski definition) is 2. The predicted molar refractivity (Wildman–Crippen MR) is 42.3 cm³/mol. The van der Waals surface area contributed by atoms with Gasteiger partial charge in [0.05, 0.1) is 11.6 Å². The van der Waals surface area contributed by atoms with E-state index in [1.165, 1.54) is 13.2 Å². The van der Waals surface area contributed by atoms with E-state index in [9.17, 15) is 4.39 Å². The Morgan fingerprint density at radius 3 is 2.64 bits per heavy atom. The van der Waals surface area contributed by atoms with Crippen LogP contribution in [-0.4, -0.2) is 12.2 Å². The molecule has 0 atom stereocenters. The zero-order valence-corrected chi connectivity index (χ0v) is 7.35. The van der Waals surface area contributed by atoms with Crippen LogP contribution in [0.3, 0.4) is 0 Å². The summed E-state index contributed by atoms with van der Waals surface area (Å²) in [6, 6.07) is 2.62. The van der Waals surface area contributed by atoms with E-state index in [0.29, 0.717) is 4.47 Å². The quantitative estimate of drug-likeness (QED) is 0.788. The summed E-state index contributed by atoms with van der Waals surface area (Å²) >= 11 is 3.09. The summed E-state index contributed by atoms with van der Waals surface area (Å²) in [5.41, 5.74) is 0. The normalized spacial score (nSPS) is 9.73. The lowest BCUT2D eigenvalue weighted by Crippen LogP contribution is -1.87. The molecular weight excluding hydrogens is 215 g/mol. The Bertz CT molecular complexity index is 275. The van der Waals surface area contributed by atoms with Gasteiger partial charge in [0.15, 0.2) is 17.3 Å². The standard InChI is InChI=1S/C7H6BrFO2/c1-11-7-4(8)2-3-5(9)6(7)10/h2-3,10H,1H3. The fraction of sp³-hybridized carbons (Fsp3) is 0.143. The highest BCUT2D eigenvalue weighted by Crippen LogP contribution is 2.35. The first-order valence-electron chi connectivity index (χ1n) is 2.87. The van der Waals surface area contributed by atoms with Crippen LogP contribution in [0.25, 0.3) is 0 Å². The smallest absolute Gasteiger partial charge is 0.195 e. The molecule has 0 aliphatic heterocycles. The Labute approximate surface area is 71.7 Å². The summed E-state index contributed by atoms with van der Waals surface area (Å²) in [5, 5.41) is 9.05. The second-order valence-electron chi connectivity index (χ2n) is 1.91. The van der Waals surface area contributed by atoms with Crippen LogP contribution < -0.4 is 4.74 Å². The molecule has 1 rings (SSSR count). The lowest BCUT2D eigenvalue weighted by atomic mass is 10.3. The van der Waals surface area contributed by atoms with Gasteiger partial charge in [-0.25, -0.2) is 4.39 Å². The number of methoxy groups -OCH3 is 1. The molecule has 0 heterocycles. The third kappa shape index (κ3) is 1.45. The number of aromatic hydroxyl groups is 1. The fourth-order valence-electron chi connectivity index (χ4n) is 0.717. The maximum Gasteiger partial charge on any atom is 0.195 e. The molecule has 0 saturated carbocycles. The molecule has 0 fully saturated rings. The van der Waals surface area contributed by atoms with Gasteiger partial charge in [0.2, 0.25) is 0 Å². The van der Waals surface area contributed by atoms with Crippen LogP contribution in [-0.2, 0) is 0 Å². The van der Waals surface area contributed by atoms with Gasteiger partial charge in [-0.15, -0.1) is 0 Å². The Kier molecular flexibility index (Phi) is 2.34. The topological polar surface area (TPSA) is 29.5 Å². The van der Waals surface area contributed by atoms with Gasteiger partial charge >= 0.3 is 0 Å². The SMILES string of the molecule is COc1c(Br)ccc(F)c1O. The number of hydrogen-bond donors (Lipinski definition) is 1. The number of rotatable bonds is 1. The first-order valence-corrected chi connectivity index (χ1v) is 3.67. The summed E-state index contributed by atoms with van der Waals surface area (Å²) in [6.07, 6.45) is 0. The third-order valence-corrected chi connectivity index (χ3v) is 1.86. The van der Waals surface area contributed by atoms with Crippen molar-refractivity contribution in [3.05, 3.63) is 22.4 Å². The van der Waals surface area contributed by atoms with E-state index < -0.39 is 11.6 Å². The molecule has 0 aliphatic rings. The molecule has 0 unspecified atom stereocenters. The molecule has 4 heteroatoms. The minimum Gasteiger partial charge on any atom is -0.502 e. The van der Waals surface area contributed by atoms with Crippen molar-refractivity contribution in [2.45, 2.75) is 0 Å². The lowest BCUT2D eigenvalue weighted by molar-refractivity contribution is 0.355. The van der Waals surface area contributed by atoms with Gasteiger partial charge in [0.25, 0.3) is 0 Å². The van der Waals surface area contributed by atoms with Crippen molar-refractivity contribution < 1.29 is 14.2 Å². The molecule has 0 saturated heterocycles. The molecule has 11 heavy (non-hydrogen) atoms. The molecule has 2 nitrogen and oxygen atoms in total. The molecule has 0 amide bonds. The van der Waals surface area contributed by atoms with Crippen molar-refractivity contribution in [3.8, 4) is 11.5 Å². The molecule has 0 radical (unpaired) electrons. The maximum absolute atomic E-state index is 12.6. The van der Waals surface area contributed by atoms with E-state index in [4.69, 9.17) is 9.84 Å². The number of phenols is 1. The average molecular weight is 221 g/mol. The van der Waals surface area contributed by atoms with Gasteiger partial charge in [-0.2, -0.15) is 0 Å². The minimum atomic E-state index is -0.690. The van der Waals surface area contributed by atoms with Crippen molar-refractivity contribution in [1.82, 2.24) is 0 Å². The van der Waals surface area contributed by atoms with Gasteiger partial charge in [-0.1, -0.05) is 0 Å². The number of ether oxygens (including phenoxy) is 1. The Balaban J connectivity index is 3.29. The molecule has 0 bridgehead atoms. The average Bonchev–Trinajstić information content (AvgIpc) is 1.99. The highest BCUT2D eigenvalue weighted by atomic mass is 79.9. The summed E-state index contributed by atoms with van der Waals surface area (Å²) < 4.78 is 17.8. The van der Waals surface area contributed by atoms with Gasteiger partial charge in [0.1, 0.15) is 0 Å². The van der Waals surface area contributed by atoms with Gasteiger partial charge in [-0.3, -0.25) is 0 Å². The Morgan fingerprint density at radius 2 is 2.18 bits per heavy atom. The minimum absolute atomic E-state index is 0.116. The summed E-state index contributed by atoms with van der Waals surface area (Å²) in [6.45, 7) is 0. The van der Waals surface area contributed by atoms with Crippen LogP contribution in [0.1, 0.15) is 0 Å². The molecule has 1 aromatic rings. The second-order valence-corrected chi connectivity index (χ2v) is 2.77. The highest BCUT2D eigenvalue weighted by Gasteiger charge is 2.10. The summed E-state index contributed by atoms with van der Waals surface area (Å²) in [7, 11) is 1.36. The second kappa shape index (κ2) is 3.09. The van der Waals surface area contributed by atoms with E-state index in [1.54, 1.807) is 0 Å². The first kappa shape index (κ1) is 8.33. The zero-order valence-electron chi connectivity index (χ0n) is 5.77. The van der Waals surface area contributed by atoms with E-state index in [1.807, 2.05) is 0 Å². The molecule has 60 valence electrons. The monoisotopic (exact) mass is 220 g/mol. The van der Waals surface area contributed by atoms with Crippen molar-refractivity contribution in [2.24, 2.45) is 0 Å². The van der Waals surface area contributed by atoms with E-state index >= 15 is 0 Å². The first-order chi connectivity index (χ1) is 5.16. The predicted octanol–water partition coefficient (Wildman–Crippen LogP) is 2.30. The molecule has 1 aromatic carbocycles. The molecule has 1 N–H and O–H groups in total. The van der Waals surface area contributed by atoms with E-state index in [0.717, 1.165) is 6.07 Å². The largest absolute Gasteiger partial charge is 0.502 e. The summed E-state index contributed by atoms with van der Waals surface area (Å²) in [4.78, 5) is 0. The molecule has 0 spiro atoms. The number of halogens is 2. The lowest BCUT2D eigenvalue weighted by Gasteiger charge is -2.04. The van der Waals surface area contributed by atoms with Crippen LogP contribution in [0, 0.1) is 5.82 Å². The van der Waals surface area contributed by atoms with Crippen molar-refractivity contribution in [2.75, 3.05) is 7.11 Å². The molecule has 0 aliphatic carbocycles. The van der Waals surface area contributed by atoms with Gasteiger partial charge in [0, 0.05) is 0 Å². The van der Waals surface area contributed by atoms with Crippen LogP contribution in [0.15, 0.2) is 16.6 Å². The fourth-order valence-corrected chi connectivity index (χ4v) is 1.20. The number of phenolic OH excluding ortho intramolecular Hbond substituents is 1. The van der Waals surface area contributed by atoms with Crippen LogP contribution in [0.4, 0.5) is 4.39 Å². The van der Waals surface area contributed by atoms with E-state index in [-0.39, 0.29) is 5.75 Å². The van der Waals surface area contributed by atoms with Crippen molar-refractivity contribution in [3.63, 3.8) is 0 Å². The zero-order chi connectivity index (χ0) is 8.43. The summed E-state index contributed by atoms with van der Waals surface area (Å²) in [5.74, 6) is -1.04. The van der Waals surface area contributed by atoms with Crippen LogP contribution in [0.5, 0.6) is 11.5 Å². The Hall–Kier alpha value is -0.770. The molecular formula is C7H6BrFO2. The van der Waals surface area contributed by atoms with Crippen LogP contribution >= 0.6 is 15.9 Å². The van der Waals surface area contributed by atoms with Crippen molar-refractivity contribution >= 4 is 15.9 Å².